The maximum Gasteiger partial charge on any atom is 0.0320 e. The van der Waals surface area contributed by atoms with Crippen molar-refractivity contribution in [3.05, 3.63) is 35.9 Å². The van der Waals surface area contributed by atoms with E-state index in [-0.39, 0.29) is 0 Å². The zero-order chi connectivity index (χ0) is 9.15. The molecule has 0 heterocycles. The minimum atomic E-state index is 0.294. The molecule has 0 amide bonds. The number of hydrogen-bond donors (Lipinski definition) is 0. The van der Waals surface area contributed by atoms with Crippen LogP contribution >= 0.6 is 11.6 Å². The molecule has 0 atom stereocenters. The van der Waals surface area contributed by atoms with Crippen molar-refractivity contribution in [1.29, 1.82) is 0 Å². The van der Waals surface area contributed by atoms with E-state index in [1.54, 1.807) is 0 Å². The Hall–Kier alpha value is -0.490. The Labute approximate surface area is 84.9 Å². The van der Waals surface area contributed by atoms with Crippen LogP contribution in [0.2, 0.25) is 0 Å². The normalized spacial score (nSPS) is 20.4. The molecule has 0 radical (unpaired) electrons. The van der Waals surface area contributed by atoms with Gasteiger partial charge in [-0.1, -0.05) is 43.2 Å². The molecule has 1 aliphatic carbocycles. The van der Waals surface area contributed by atoms with Gasteiger partial charge in [-0.05, 0) is 18.4 Å². The highest BCUT2D eigenvalue weighted by Crippen LogP contribution is 2.41. The van der Waals surface area contributed by atoms with Gasteiger partial charge in [0.15, 0.2) is 0 Å². The Balaban J connectivity index is 2.31. The Bertz CT molecular complexity index is 260. The summed E-state index contributed by atoms with van der Waals surface area (Å²) in [5.41, 5.74) is 1.73. The highest BCUT2D eigenvalue weighted by Gasteiger charge is 2.34. The first-order valence-electron chi connectivity index (χ1n) is 4.99. The largest absolute Gasteiger partial charge is 0.126 e. The standard InChI is InChI=1S/C12H15Cl/c13-10-12(8-4-5-9-12)11-6-2-1-3-7-11/h1-3,6-7H,4-5,8-10H2. The lowest BCUT2D eigenvalue weighted by Crippen LogP contribution is -2.23. The summed E-state index contributed by atoms with van der Waals surface area (Å²) in [4.78, 5) is 0. The molecule has 0 bridgehead atoms. The molecule has 1 fully saturated rings. The number of alkyl halides is 1. The maximum atomic E-state index is 6.10. The van der Waals surface area contributed by atoms with E-state index in [0.717, 1.165) is 5.88 Å². The van der Waals surface area contributed by atoms with Crippen LogP contribution in [0.5, 0.6) is 0 Å². The zero-order valence-electron chi connectivity index (χ0n) is 7.80. The topological polar surface area (TPSA) is 0 Å². The monoisotopic (exact) mass is 194 g/mol. The van der Waals surface area contributed by atoms with Gasteiger partial charge in [0.1, 0.15) is 0 Å². The molecule has 13 heavy (non-hydrogen) atoms. The molecule has 0 saturated heterocycles. The fourth-order valence-corrected chi connectivity index (χ4v) is 2.76. The van der Waals surface area contributed by atoms with Crippen LogP contribution in [-0.2, 0) is 5.41 Å². The first-order valence-corrected chi connectivity index (χ1v) is 5.52. The van der Waals surface area contributed by atoms with Crippen LogP contribution in [0, 0.1) is 0 Å². The molecule has 0 unspecified atom stereocenters. The Morgan fingerprint density at radius 1 is 1.08 bits per heavy atom. The van der Waals surface area contributed by atoms with Gasteiger partial charge in [0.05, 0.1) is 0 Å². The van der Waals surface area contributed by atoms with E-state index in [4.69, 9.17) is 11.6 Å². The summed E-state index contributed by atoms with van der Waals surface area (Å²) in [5, 5.41) is 0. The van der Waals surface area contributed by atoms with Crippen molar-refractivity contribution >= 4 is 11.6 Å². The molecule has 0 aromatic heterocycles. The maximum absolute atomic E-state index is 6.10. The highest BCUT2D eigenvalue weighted by molar-refractivity contribution is 6.18. The summed E-state index contributed by atoms with van der Waals surface area (Å²) in [6.45, 7) is 0. The minimum absolute atomic E-state index is 0.294. The van der Waals surface area contributed by atoms with Gasteiger partial charge in [-0.15, -0.1) is 11.6 Å². The molecule has 2 rings (SSSR count). The van der Waals surface area contributed by atoms with Gasteiger partial charge in [0.2, 0.25) is 0 Å². The van der Waals surface area contributed by atoms with E-state index in [0.29, 0.717) is 5.41 Å². The van der Waals surface area contributed by atoms with Crippen LogP contribution in [0.25, 0.3) is 0 Å². The first kappa shape index (κ1) is 9.08. The lowest BCUT2D eigenvalue weighted by molar-refractivity contribution is 0.498. The van der Waals surface area contributed by atoms with Gasteiger partial charge in [-0.25, -0.2) is 0 Å². The van der Waals surface area contributed by atoms with Gasteiger partial charge in [-0.2, -0.15) is 0 Å². The molecule has 1 aliphatic rings. The molecule has 0 nitrogen and oxygen atoms in total. The first-order chi connectivity index (χ1) is 6.37. The van der Waals surface area contributed by atoms with Crippen molar-refractivity contribution in [2.45, 2.75) is 31.1 Å². The molecule has 0 N–H and O–H groups in total. The van der Waals surface area contributed by atoms with Gasteiger partial charge in [-0.3, -0.25) is 0 Å². The molecular formula is C12H15Cl. The predicted octanol–water partition coefficient (Wildman–Crippen LogP) is 3.74. The Morgan fingerprint density at radius 3 is 2.23 bits per heavy atom. The van der Waals surface area contributed by atoms with Crippen LogP contribution in [0.15, 0.2) is 30.3 Å². The third-order valence-corrected chi connectivity index (χ3v) is 3.71. The summed E-state index contributed by atoms with van der Waals surface area (Å²) in [7, 11) is 0. The quantitative estimate of drug-likeness (QED) is 0.630. The van der Waals surface area contributed by atoms with Crippen molar-refractivity contribution in [2.24, 2.45) is 0 Å². The molecular weight excluding hydrogens is 180 g/mol. The van der Waals surface area contributed by atoms with Crippen molar-refractivity contribution in [1.82, 2.24) is 0 Å². The Morgan fingerprint density at radius 2 is 1.69 bits per heavy atom. The summed E-state index contributed by atoms with van der Waals surface area (Å²) in [6.07, 6.45) is 5.20. The summed E-state index contributed by atoms with van der Waals surface area (Å²) < 4.78 is 0. The number of benzene rings is 1. The summed E-state index contributed by atoms with van der Waals surface area (Å²) in [5.74, 6) is 0.775. The molecule has 1 aromatic rings. The van der Waals surface area contributed by atoms with E-state index < -0.39 is 0 Å². The number of hydrogen-bond acceptors (Lipinski definition) is 0. The molecule has 1 aromatic carbocycles. The third kappa shape index (κ3) is 1.60. The van der Waals surface area contributed by atoms with E-state index in [1.807, 2.05) is 0 Å². The van der Waals surface area contributed by atoms with Crippen LogP contribution in [-0.4, -0.2) is 5.88 Å². The van der Waals surface area contributed by atoms with Crippen molar-refractivity contribution in [3.63, 3.8) is 0 Å². The summed E-state index contributed by atoms with van der Waals surface area (Å²) >= 11 is 6.10. The fourth-order valence-electron chi connectivity index (χ4n) is 2.34. The van der Waals surface area contributed by atoms with Crippen molar-refractivity contribution in [3.8, 4) is 0 Å². The predicted molar refractivity (Wildman–Crippen MR) is 57.3 cm³/mol. The average molecular weight is 195 g/mol. The lowest BCUT2D eigenvalue weighted by Gasteiger charge is -2.26. The van der Waals surface area contributed by atoms with Gasteiger partial charge < -0.3 is 0 Å². The van der Waals surface area contributed by atoms with Crippen LogP contribution in [0.3, 0.4) is 0 Å². The fraction of sp³-hybridized carbons (Fsp3) is 0.500. The SMILES string of the molecule is ClCC1(c2ccccc2)CCCC1. The highest BCUT2D eigenvalue weighted by atomic mass is 35.5. The van der Waals surface area contributed by atoms with Crippen LogP contribution < -0.4 is 0 Å². The smallest absolute Gasteiger partial charge is 0.0320 e. The number of halogens is 1. The van der Waals surface area contributed by atoms with E-state index >= 15 is 0 Å². The molecule has 1 saturated carbocycles. The van der Waals surface area contributed by atoms with Crippen LogP contribution in [0.4, 0.5) is 0 Å². The lowest BCUT2D eigenvalue weighted by atomic mass is 9.81. The second kappa shape index (κ2) is 3.71. The second-order valence-electron chi connectivity index (χ2n) is 3.99. The summed E-state index contributed by atoms with van der Waals surface area (Å²) in [6, 6.07) is 10.7. The van der Waals surface area contributed by atoms with E-state index in [1.165, 1.54) is 31.2 Å². The number of rotatable bonds is 2. The third-order valence-electron chi connectivity index (χ3n) is 3.20. The second-order valence-corrected chi connectivity index (χ2v) is 4.25. The molecule has 1 heteroatoms. The van der Waals surface area contributed by atoms with Gasteiger partial charge in [0.25, 0.3) is 0 Å². The molecule has 0 aliphatic heterocycles. The van der Waals surface area contributed by atoms with Crippen molar-refractivity contribution < 1.29 is 0 Å². The molecule has 70 valence electrons. The van der Waals surface area contributed by atoms with Crippen LogP contribution in [0.1, 0.15) is 31.2 Å². The Kier molecular flexibility index (Phi) is 2.59. The van der Waals surface area contributed by atoms with E-state index in [2.05, 4.69) is 30.3 Å². The van der Waals surface area contributed by atoms with Gasteiger partial charge in [0, 0.05) is 11.3 Å². The minimum Gasteiger partial charge on any atom is -0.126 e. The molecule has 0 spiro atoms. The van der Waals surface area contributed by atoms with Gasteiger partial charge >= 0.3 is 0 Å². The zero-order valence-corrected chi connectivity index (χ0v) is 8.56. The van der Waals surface area contributed by atoms with Crippen molar-refractivity contribution in [2.75, 3.05) is 5.88 Å². The van der Waals surface area contributed by atoms with E-state index in [9.17, 15) is 0 Å². The average Bonchev–Trinajstić information content (AvgIpc) is 2.69.